The van der Waals surface area contributed by atoms with Gasteiger partial charge in [-0.1, -0.05) is 0 Å². The lowest BCUT2D eigenvalue weighted by molar-refractivity contribution is -0.402. The van der Waals surface area contributed by atoms with Gasteiger partial charge in [0.05, 0.1) is 6.07 Å². The molecule has 0 aliphatic heterocycles. The summed E-state index contributed by atoms with van der Waals surface area (Å²) >= 11 is 0. The molecule has 1 atom stereocenters. The third-order valence-electron chi connectivity index (χ3n) is 2.64. The smallest absolute Gasteiger partial charge is 0.433 e. The van der Waals surface area contributed by atoms with Crippen LogP contribution in [0.5, 0.6) is 0 Å². The standard InChI is InChI=1S/C10H10N2O6/c13-9(6-3-4-7(18-6)12(16)17)11-8(10(14)15)5-1-2-5/h3-5,8H,1-2H2,(H,11,13)(H,14,15). The van der Waals surface area contributed by atoms with Gasteiger partial charge in [-0.3, -0.25) is 14.9 Å². The van der Waals surface area contributed by atoms with E-state index in [2.05, 4.69) is 9.73 Å². The van der Waals surface area contributed by atoms with Crippen LogP contribution >= 0.6 is 0 Å². The molecular weight excluding hydrogens is 244 g/mol. The molecule has 1 heterocycles. The van der Waals surface area contributed by atoms with Gasteiger partial charge in [0.25, 0.3) is 5.91 Å². The molecule has 1 amide bonds. The van der Waals surface area contributed by atoms with Crippen molar-refractivity contribution in [1.82, 2.24) is 5.32 Å². The second-order valence-electron chi connectivity index (χ2n) is 4.02. The van der Waals surface area contributed by atoms with E-state index in [1.54, 1.807) is 0 Å². The van der Waals surface area contributed by atoms with E-state index < -0.39 is 28.7 Å². The van der Waals surface area contributed by atoms with E-state index >= 15 is 0 Å². The van der Waals surface area contributed by atoms with Gasteiger partial charge in [-0.2, -0.15) is 0 Å². The number of carbonyl (C=O) groups excluding carboxylic acids is 1. The highest BCUT2D eigenvalue weighted by molar-refractivity contribution is 5.94. The van der Waals surface area contributed by atoms with Crippen molar-refractivity contribution in [3.05, 3.63) is 28.0 Å². The number of furan rings is 1. The van der Waals surface area contributed by atoms with Gasteiger partial charge in [-0.25, -0.2) is 4.79 Å². The van der Waals surface area contributed by atoms with Crippen molar-refractivity contribution in [2.24, 2.45) is 5.92 Å². The summed E-state index contributed by atoms with van der Waals surface area (Å²) in [6, 6.07) is 1.21. The minimum absolute atomic E-state index is 0.0728. The third-order valence-corrected chi connectivity index (χ3v) is 2.64. The number of nitrogens with one attached hydrogen (secondary N) is 1. The zero-order valence-corrected chi connectivity index (χ0v) is 9.16. The Labute approximate surface area is 101 Å². The third kappa shape index (κ3) is 2.47. The number of carboxylic acids is 1. The number of amides is 1. The number of hydrogen-bond donors (Lipinski definition) is 2. The zero-order chi connectivity index (χ0) is 13.3. The molecule has 2 N–H and O–H groups in total. The molecular formula is C10H10N2O6. The number of nitrogens with zero attached hydrogens (tertiary/aromatic N) is 1. The molecule has 1 aromatic heterocycles. The van der Waals surface area contributed by atoms with Crippen LogP contribution in [0.2, 0.25) is 0 Å². The number of rotatable bonds is 5. The molecule has 1 saturated carbocycles. The molecule has 1 fully saturated rings. The van der Waals surface area contributed by atoms with Crippen LogP contribution in [0.25, 0.3) is 0 Å². The molecule has 1 aliphatic carbocycles. The summed E-state index contributed by atoms with van der Waals surface area (Å²) in [5, 5.41) is 21.6. The van der Waals surface area contributed by atoms with Gasteiger partial charge in [-0.05, 0) is 24.8 Å². The molecule has 0 radical (unpaired) electrons. The van der Waals surface area contributed by atoms with Crippen LogP contribution in [0.3, 0.4) is 0 Å². The summed E-state index contributed by atoms with van der Waals surface area (Å²) in [7, 11) is 0. The van der Waals surface area contributed by atoms with Crippen LogP contribution in [0.4, 0.5) is 5.88 Å². The molecule has 2 rings (SSSR count). The van der Waals surface area contributed by atoms with Crippen LogP contribution < -0.4 is 5.32 Å². The van der Waals surface area contributed by atoms with Crippen molar-refractivity contribution in [1.29, 1.82) is 0 Å². The monoisotopic (exact) mass is 254 g/mol. The largest absolute Gasteiger partial charge is 0.480 e. The average Bonchev–Trinajstić information content (AvgIpc) is 3.00. The fourth-order valence-corrected chi connectivity index (χ4v) is 1.57. The number of carbonyl (C=O) groups is 2. The highest BCUT2D eigenvalue weighted by atomic mass is 16.6. The van der Waals surface area contributed by atoms with Gasteiger partial charge in [0.2, 0.25) is 0 Å². The molecule has 8 nitrogen and oxygen atoms in total. The molecule has 0 aromatic carbocycles. The highest BCUT2D eigenvalue weighted by Gasteiger charge is 2.37. The Hall–Kier alpha value is -2.38. The predicted octanol–water partition coefficient (Wildman–Crippen LogP) is 0.781. The second-order valence-corrected chi connectivity index (χ2v) is 4.02. The topological polar surface area (TPSA) is 123 Å². The quantitative estimate of drug-likeness (QED) is 0.591. The van der Waals surface area contributed by atoms with E-state index in [1.165, 1.54) is 0 Å². The lowest BCUT2D eigenvalue weighted by Gasteiger charge is -2.11. The van der Waals surface area contributed by atoms with Crippen molar-refractivity contribution in [3.63, 3.8) is 0 Å². The van der Waals surface area contributed by atoms with Gasteiger partial charge in [0.15, 0.2) is 5.76 Å². The van der Waals surface area contributed by atoms with Gasteiger partial charge >= 0.3 is 11.9 Å². The first kappa shape index (κ1) is 12.1. The van der Waals surface area contributed by atoms with Crippen molar-refractivity contribution in [2.75, 3.05) is 0 Å². The average molecular weight is 254 g/mol. The SMILES string of the molecule is O=C(NC(C(=O)O)C1CC1)c1ccc([N+](=O)[O-])o1. The fourth-order valence-electron chi connectivity index (χ4n) is 1.57. The normalized spacial score (nSPS) is 16.0. The molecule has 96 valence electrons. The maximum atomic E-state index is 11.6. The van der Waals surface area contributed by atoms with Gasteiger partial charge in [0.1, 0.15) is 11.0 Å². The minimum atomic E-state index is -1.12. The summed E-state index contributed by atoms with van der Waals surface area (Å²) in [4.78, 5) is 32.1. The highest BCUT2D eigenvalue weighted by Crippen LogP contribution is 2.33. The number of carboxylic acid groups (broad SMARTS) is 1. The van der Waals surface area contributed by atoms with Crippen LogP contribution in [-0.2, 0) is 4.79 Å². The predicted molar refractivity (Wildman–Crippen MR) is 57.0 cm³/mol. The zero-order valence-electron chi connectivity index (χ0n) is 9.16. The Bertz CT molecular complexity index is 504. The molecule has 1 unspecified atom stereocenters. The lowest BCUT2D eigenvalue weighted by atomic mass is 10.2. The Morgan fingerprint density at radius 1 is 1.50 bits per heavy atom. The lowest BCUT2D eigenvalue weighted by Crippen LogP contribution is -2.42. The summed E-state index contributed by atoms with van der Waals surface area (Å²) in [6.07, 6.45) is 1.49. The fraction of sp³-hybridized carbons (Fsp3) is 0.400. The Kier molecular flexibility index (Phi) is 3.00. The van der Waals surface area contributed by atoms with E-state index in [9.17, 15) is 19.7 Å². The van der Waals surface area contributed by atoms with E-state index in [1.807, 2.05) is 0 Å². The van der Waals surface area contributed by atoms with Crippen molar-refractivity contribution in [2.45, 2.75) is 18.9 Å². The molecule has 0 bridgehead atoms. The van der Waals surface area contributed by atoms with E-state index in [-0.39, 0.29) is 11.7 Å². The van der Waals surface area contributed by atoms with E-state index in [0.29, 0.717) is 0 Å². The number of aliphatic carboxylic acids is 1. The molecule has 0 saturated heterocycles. The van der Waals surface area contributed by atoms with Crippen LogP contribution in [0.15, 0.2) is 16.5 Å². The maximum absolute atomic E-state index is 11.6. The molecule has 1 aliphatic rings. The van der Waals surface area contributed by atoms with Gasteiger partial charge in [0, 0.05) is 0 Å². The van der Waals surface area contributed by atoms with Gasteiger partial charge in [-0.15, -0.1) is 0 Å². The Balaban J connectivity index is 2.05. The maximum Gasteiger partial charge on any atom is 0.433 e. The number of nitro groups is 1. The minimum Gasteiger partial charge on any atom is -0.480 e. The van der Waals surface area contributed by atoms with Crippen molar-refractivity contribution in [3.8, 4) is 0 Å². The van der Waals surface area contributed by atoms with Gasteiger partial charge < -0.3 is 14.8 Å². The number of hydrogen-bond acceptors (Lipinski definition) is 5. The summed E-state index contributed by atoms with van der Waals surface area (Å²) in [6.45, 7) is 0. The summed E-state index contributed by atoms with van der Waals surface area (Å²) in [5.41, 5.74) is 0. The van der Waals surface area contributed by atoms with E-state index in [4.69, 9.17) is 5.11 Å². The first-order valence-electron chi connectivity index (χ1n) is 5.27. The van der Waals surface area contributed by atoms with Crippen molar-refractivity contribution < 1.29 is 24.0 Å². The summed E-state index contributed by atoms with van der Waals surface area (Å²) < 4.78 is 4.68. The molecule has 1 aromatic rings. The first-order chi connectivity index (χ1) is 8.49. The molecule has 8 heteroatoms. The van der Waals surface area contributed by atoms with Crippen LogP contribution in [0, 0.1) is 16.0 Å². The summed E-state index contributed by atoms with van der Waals surface area (Å²) in [5.74, 6) is -2.78. The van der Waals surface area contributed by atoms with Crippen LogP contribution in [0.1, 0.15) is 23.4 Å². The Morgan fingerprint density at radius 3 is 2.61 bits per heavy atom. The first-order valence-corrected chi connectivity index (χ1v) is 5.27. The Morgan fingerprint density at radius 2 is 2.17 bits per heavy atom. The van der Waals surface area contributed by atoms with Crippen LogP contribution in [-0.4, -0.2) is 27.9 Å². The second kappa shape index (κ2) is 4.47. The van der Waals surface area contributed by atoms with Crippen molar-refractivity contribution >= 4 is 17.8 Å². The van der Waals surface area contributed by atoms with E-state index in [0.717, 1.165) is 25.0 Å². The molecule has 0 spiro atoms. The molecule has 18 heavy (non-hydrogen) atoms.